The monoisotopic (exact) mass is 336 g/mol. The zero-order chi connectivity index (χ0) is 13.9. The van der Waals surface area contributed by atoms with Crippen LogP contribution < -0.4 is 5.32 Å². The number of rotatable bonds is 4. The highest BCUT2D eigenvalue weighted by Crippen LogP contribution is 2.32. The minimum Gasteiger partial charge on any atom is -0.394 e. The predicted octanol–water partition coefficient (Wildman–Crippen LogP) is 2.52. The van der Waals surface area contributed by atoms with Crippen LogP contribution in [0.5, 0.6) is 0 Å². The summed E-state index contributed by atoms with van der Waals surface area (Å²) in [7, 11) is 0. The van der Waals surface area contributed by atoms with E-state index in [1.165, 1.54) is 11.3 Å². The predicted molar refractivity (Wildman–Crippen MR) is 80.6 cm³/mol. The van der Waals surface area contributed by atoms with Gasteiger partial charge in [-0.15, -0.1) is 0 Å². The summed E-state index contributed by atoms with van der Waals surface area (Å²) >= 11 is 3.39. The van der Waals surface area contributed by atoms with E-state index in [9.17, 15) is 0 Å². The maximum Gasteiger partial charge on any atom is 0.126 e. The van der Waals surface area contributed by atoms with E-state index in [4.69, 9.17) is 5.11 Å². The molecule has 5 nitrogen and oxygen atoms in total. The Morgan fingerprint density at radius 2 is 2.30 bits per heavy atom. The lowest BCUT2D eigenvalue weighted by molar-refractivity contribution is 0.266. The Hall–Kier alpha value is -1.40. The quantitative estimate of drug-likeness (QED) is 0.900. The minimum absolute atomic E-state index is 0.125. The second-order valence-electron chi connectivity index (χ2n) is 4.94. The first-order chi connectivity index (χ1) is 9.78. The van der Waals surface area contributed by atoms with Crippen LogP contribution in [0.15, 0.2) is 29.0 Å². The van der Waals surface area contributed by atoms with Crippen molar-refractivity contribution in [1.29, 1.82) is 0 Å². The van der Waals surface area contributed by atoms with Crippen molar-refractivity contribution in [2.75, 3.05) is 11.9 Å². The fraction of sp³-hybridized carbons (Fsp3) is 0.429. The SMILES string of the molecule is OCCn1ncc2c1CCC[C@H]2Nc1ccc(Br)cn1. The third-order valence-corrected chi connectivity index (χ3v) is 4.09. The topological polar surface area (TPSA) is 63.0 Å². The summed E-state index contributed by atoms with van der Waals surface area (Å²) in [5, 5.41) is 16.9. The molecule has 2 aromatic rings. The second-order valence-corrected chi connectivity index (χ2v) is 5.86. The van der Waals surface area contributed by atoms with E-state index in [2.05, 4.69) is 31.3 Å². The van der Waals surface area contributed by atoms with Gasteiger partial charge in [-0.05, 0) is 47.3 Å². The molecule has 20 heavy (non-hydrogen) atoms. The van der Waals surface area contributed by atoms with E-state index in [-0.39, 0.29) is 12.6 Å². The summed E-state index contributed by atoms with van der Waals surface area (Å²) in [6.45, 7) is 0.694. The van der Waals surface area contributed by atoms with Crippen molar-refractivity contribution in [2.45, 2.75) is 31.8 Å². The Morgan fingerprint density at radius 3 is 3.05 bits per heavy atom. The number of pyridine rings is 1. The van der Waals surface area contributed by atoms with Gasteiger partial charge in [0.25, 0.3) is 0 Å². The highest BCUT2D eigenvalue weighted by atomic mass is 79.9. The maximum absolute atomic E-state index is 9.08. The molecule has 1 aliphatic carbocycles. The van der Waals surface area contributed by atoms with Crippen molar-refractivity contribution in [3.05, 3.63) is 40.3 Å². The second kappa shape index (κ2) is 5.93. The highest BCUT2D eigenvalue weighted by molar-refractivity contribution is 9.10. The molecule has 0 unspecified atom stereocenters. The first-order valence-electron chi connectivity index (χ1n) is 6.81. The molecule has 0 aliphatic heterocycles. The van der Waals surface area contributed by atoms with Crippen molar-refractivity contribution in [3.8, 4) is 0 Å². The standard InChI is InChI=1S/C14H17BrN4O/c15-10-4-5-14(16-8-10)18-12-2-1-3-13-11(12)9-17-19(13)6-7-20/h4-5,8-9,12,20H,1-3,6-7H2,(H,16,18)/t12-/m1/s1. The van der Waals surface area contributed by atoms with Crippen LogP contribution in [0.1, 0.15) is 30.1 Å². The first kappa shape index (κ1) is 13.6. The van der Waals surface area contributed by atoms with Crippen LogP contribution in [0.2, 0.25) is 0 Å². The number of hydrogen-bond acceptors (Lipinski definition) is 4. The van der Waals surface area contributed by atoms with Gasteiger partial charge in [0, 0.05) is 21.9 Å². The molecule has 0 aromatic carbocycles. The van der Waals surface area contributed by atoms with Crippen LogP contribution in [0.25, 0.3) is 0 Å². The van der Waals surface area contributed by atoms with Gasteiger partial charge in [0.05, 0.1) is 25.4 Å². The maximum atomic E-state index is 9.08. The molecule has 2 aromatic heterocycles. The van der Waals surface area contributed by atoms with Crippen molar-refractivity contribution in [3.63, 3.8) is 0 Å². The van der Waals surface area contributed by atoms with Crippen LogP contribution in [0.3, 0.4) is 0 Å². The summed E-state index contributed by atoms with van der Waals surface area (Å²) in [5.41, 5.74) is 2.47. The average Bonchev–Trinajstić information content (AvgIpc) is 2.86. The smallest absolute Gasteiger partial charge is 0.126 e. The van der Waals surface area contributed by atoms with E-state index >= 15 is 0 Å². The zero-order valence-corrected chi connectivity index (χ0v) is 12.7. The number of nitrogens with zero attached hydrogens (tertiary/aromatic N) is 3. The Balaban J connectivity index is 1.81. The third kappa shape index (κ3) is 2.71. The normalized spacial score (nSPS) is 17.8. The van der Waals surface area contributed by atoms with Gasteiger partial charge in [-0.25, -0.2) is 4.98 Å². The highest BCUT2D eigenvalue weighted by Gasteiger charge is 2.24. The largest absolute Gasteiger partial charge is 0.394 e. The Bertz CT molecular complexity index is 581. The van der Waals surface area contributed by atoms with Gasteiger partial charge in [-0.2, -0.15) is 5.10 Å². The van der Waals surface area contributed by atoms with Gasteiger partial charge >= 0.3 is 0 Å². The number of fused-ring (bicyclic) bond motifs is 1. The lowest BCUT2D eigenvalue weighted by atomic mass is 9.93. The van der Waals surface area contributed by atoms with Gasteiger partial charge < -0.3 is 10.4 Å². The van der Waals surface area contributed by atoms with Gasteiger partial charge in [-0.3, -0.25) is 4.68 Å². The van der Waals surface area contributed by atoms with E-state index in [0.29, 0.717) is 6.54 Å². The Kier molecular flexibility index (Phi) is 4.03. The molecule has 2 N–H and O–H groups in total. The molecule has 0 saturated carbocycles. The number of aliphatic hydroxyl groups is 1. The molecule has 106 valence electrons. The lowest BCUT2D eigenvalue weighted by Gasteiger charge is -2.24. The number of hydrogen-bond donors (Lipinski definition) is 2. The minimum atomic E-state index is 0.125. The fourth-order valence-corrected chi connectivity index (χ4v) is 2.93. The number of nitrogens with one attached hydrogen (secondary N) is 1. The van der Waals surface area contributed by atoms with Crippen LogP contribution in [-0.4, -0.2) is 26.5 Å². The van der Waals surface area contributed by atoms with E-state index in [1.54, 1.807) is 6.20 Å². The summed E-state index contributed by atoms with van der Waals surface area (Å²) < 4.78 is 2.89. The van der Waals surface area contributed by atoms with E-state index < -0.39 is 0 Å². The fourth-order valence-electron chi connectivity index (χ4n) is 2.70. The molecule has 6 heteroatoms. The van der Waals surface area contributed by atoms with E-state index in [0.717, 1.165) is 29.6 Å². The van der Waals surface area contributed by atoms with Crippen molar-refractivity contribution in [2.24, 2.45) is 0 Å². The molecule has 0 fully saturated rings. The summed E-state index contributed by atoms with van der Waals surface area (Å²) in [5.74, 6) is 0.876. The van der Waals surface area contributed by atoms with E-state index in [1.807, 2.05) is 23.0 Å². The molecule has 0 spiro atoms. The lowest BCUT2D eigenvalue weighted by Crippen LogP contribution is -2.19. The van der Waals surface area contributed by atoms with Crippen molar-refractivity contribution in [1.82, 2.24) is 14.8 Å². The summed E-state index contributed by atoms with van der Waals surface area (Å²) in [6, 6.07) is 4.20. The molecular formula is C14H17BrN4O. The van der Waals surface area contributed by atoms with Crippen LogP contribution in [0, 0.1) is 0 Å². The molecule has 0 bridgehead atoms. The van der Waals surface area contributed by atoms with Gasteiger partial charge in [0.2, 0.25) is 0 Å². The summed E-state index contributed by atoms with van der Waals surface area (Å²) in [6.07, 6.45) is 6.94. The molecule has 0 radical (unpaired) electrons. The van der Waals surface area contributed by atoms with Crippen LogP contribution in [-0.2, 0) is 13.0 Å². The van der Waals surface area contributed by atoms with Crippen molar-refractivity contribution >= 4 is 21.7 Å². The van der Waals surface area contributed by atoms with Crippen LogP contribution >= 0.6 is 15.9 Å². The number of aromatic nitrogens is 3. The van der Waals surface area contributed by atoms with Gasteiger partial charge in [0.1, 0.15) is 5.82 Å². The zero-order valence-electron chi connectivity index (χ0n) is 11.1. The Labute approximate surface area is 126 Å². The molecule has 3 rings (SSSR count). The molecular weight excluding hydrogens is 320 g/mol. The third-order valence-electron chi connectivity index (χ3n) is 3.62. The number of halogens is 1. The van der Waals surface area contributed by atoms with Crippen LogP contribution in [0.4, 0.5) is 5.82 Å². The number of anilines is 1. The average molecular weight is 337 g/mol. The van der Waals surface area contributed by atoms with Gasteiger partial charge in [-0.1, -0.05) is 0 Å². The Morgan fingerprint density at radius 1 is 1.40 bits per heavy atom. The molecule has 0 amide bonds. The molecule has 1 atom stereocenters. The molecule has 0 saturated heterocycles. The summed E-state index contributed by atoms with van der Waals surface area (Å²) in [4.78, 5) is 4.36. The first-order valence-corrected chi connectivity index (χ1v) is 7.61. The number of aliphatic hydroxyl groups excluding tert-OH is 1. The molecule has 2 heterocycles. The van der Waals surface area contributed by atoms with Gasteiger partial charge in [0.15, 0.2) is 0 Å². The molecule has 1 aliphatic rings. The van der Waals surface area contributed by atoms with Crippen molar-refractivity contribution < 1.29 is 5.11 Å².